The maximum absolute atomic E-state index is 12.8. The van der Waals surface area contributed by atoms with E-state index in [1.807, 2.05) is 0 Å². The fraction of sp³-hybridized carbons (Fsp3) is 0.635. The molecule has 0 aliphatic carbocycles. The summed E-state index contributed by atoms with van der Waals surface area (Å²) in [5.41, 5.74) is 0. The zero-order valence-electron chi connectivity index (χ0n) is 44.5. The normalized spacial score (nSPS) is 13.0. The fourth-order valence-electron chi connectivity index (χ4n) is 7.24. The molecule has 0 fully saturated rings. The number of ether oxygens (including phenoxy) is 3. The molecule has 1 atom stereocenters. The van der Waals surface area contributed by atoms with Crippen molar-refractivity contribution in [3.63, 3.8) is 0 Å². The molecule has 6 nitrogen and oxygen atoms in total. The van der Waals surface area contributed by atoms with Crippen LogP contribution in [0.3, 0.4) is 0 Å². The number of unbranched alkanes of at least 4 members (excludes halogenated alkanes) is 19. The van der Waals surface area contributed by atoms with Crippen LogP contribution in [0.25, 0.3) is 0 Å². The van der Waals surface area contributed by atoms with E-state index in [2.05, 4.69) is 142 Å². The van der Waals surface area contributed by atoms with Crippen molar-refractivity contribution in [1.29, 1.82) is 0 Å². The van der Waals surface area contributed by atoms with Crippen molar-refractivity contribution >= 4 is 17.9 Å². The summed E-state index contributed by atoms with van der Waals surface area (Å²) in [4.78, 5) is 38.1. The predicted octanol–water partition coefficient (Wildman–Crippen LogP) is 18.9. The molecule has 0 aromatic rings. The summed E-state index contributed by atoms with van der Waals surface area (Å²) in [6, 6.07) is 0. The first-order valence-corrected chi connectivity index (χ1v) is 28.1. The van der Waals surface area contributed by atoms with E-state index in [-0.39, 0.29) is 37.5 Å². The Morgan fingerprint density at radius 1 is 0.319 bits per heavy atom. The zero-order valence-corrected chi connectivity index (χ0v) is 44.5. The minimum Gasteiger partial charge on any atom is -0.462 e. The molecule has 0 aromatic heterocycles. The molecule has 69 heavy (non-hydrogen) atoms. The van der Waals surface area contributed by atoms with Crippen molar-refractivity contribution in [2.45, 2.75) is 245 Å². The van der Waals surface area contributed by atoms with Crippen LogP contribution in [0.5, 0.6) is 0 Å². The molecule has 0 saturated heterocycles. The predicted molar refractivity (Wildman–Crippen MR) is 297 cm³/mol. The molecule has 0 heterocycles. The second kappa shape index (κ2) is 56.4. The van der Waals surface area contributed by atoms with Crippen molar-refractivity contribution < 1.29 is 28.6 Å². The molecule has 0 aliphatic heterocycles. The number of rotatable bonds is 49. The Morgan fingerprint density at radius 2 is 0.623 bits per heavy atom. The Balaban J connectivity index is 4.56. The lowest BCUT2D eigenvalue weighted by Crippen LogP contribution is -2.30. The SMILES string of the molecule is CC/C=C\C/C=C\C/C=C\C/C=C\C/C=C\CCCCCC(=O)OCC(COC(=O)CCCCCCCC/C=C\C=C/CCCCC)OC(=O)CCC/C=C\C/C=C\C/C=C\CCCCCCCC. The lowest BCUT2D eigenvalue weighted by molar-refractivity contribution is -0.167. The summed E-state index contributed by atoms with van der Waals surface area (Å²) < 4.78 is 16.8. The maximum atomic E-state index is 12.8. The molecule has 0 saturated carbocycles. The van der Waals surface area contributed by atoms with Gasteiger partial charge in [-0.1, -0.05) is 219 Å². The second-order valence-electron chi connectivity index (χ2n) is 18.1. The van der Waals surface area contributed by atoms with E-state index in [9.17, 15) is 14.4 Å². The van der Waals surface area contributed by atoms with Gasteiger partial charge in [0.05, 0.1) is 0 Å². The monoisotopic (exact) mass is 955 g/mol. The van der Waals surface area contributed by atoms with Gasteiger partial charge in [-0.15, -0.1) is 0 Å². The molecule has 0 amide bonds. The van der Waals surface area contributed by atoms with Crippen molar-refractivity contribution in [3.8, 4) is 0 Å². The minimum absolute atomic E-state index is 0.118. The molecular formula is C63H102O6. The number of esters is 3. The molecule has 0 radical (unpaired) electrons. The third-order valence-corrected chi connectivity index (χ3v) is 11.4. The van der Waals surface area contributed by atoms with Gasteiger partial charge in [-0.2, -0.15) is 0 Å². The quantitative estimate of drug-likeness (QED) is 0.0199. The van der Waals surface area contributed by atoms with Crippen LogP contribution in [0.15, 0.2) is 122 Å². The van der Waals surface area contributed by atoms with Crippen molar-refractivity contribution in [2.75, 3.05) is 13.2 Å². The van der Waals surface area contributed by atoms with Gasteiger partial charge >= 0.3 is 17.9 Å². The molecule has 390 valence electrons. The van der Waals surface area contributed by atoms with E-state index in [1.54, 1.807) is 0 Å². The van der Waals surface area contributed by atoms with Gasteiger partial charge in [0.1, 0.15) is 13.2 Å². The van der Waals surface area contributed by atoms with Crippen molar-refractivity contribution in [1.82, 2.24) is 0 Å². The van der Waals surface area contributed by atoms with Crippen LogP contribution in [-0.4, -0.2) is 37.2 Å². The number of carbonyl (C=O) groups is 3. The van der Waals surface area contributed by atoms with E-state index in [4.69, 9.17) is 14.2 Å². The Bertz CT molecular complexity index is 1470. The van der Waals surface area contributed by atoms with Crippen molar-refractivity contribution in [3.05, 3.63) is 122 Å². The van der Waals surface area contributed by atoms with Crippen LogP contribution in [0.4, 0.5) is 0 Å². The van der Waals surface area contributed by atoms with Gasteiger partial charge in [0.15, 0.2) is 6.10 Å². The van der Waals surface area contributed by atoms with Crippen LogP contribution in [0.2, 0.25) is 0 Å². The molecule has 0 aromatic carbocycles. The first-order valence-electron chi connectivity index (χ1n) is 28.1. The molecule has 0 aliphatic rings. The molecule has 0 bridgehead atoms. The van der Waals surface area contributed by atoms with Crippen LogP contribution in [0, 0.1) is 0 Å². The summed E-state index contributed by atoms with van der Waals surface area (Å²) in [6.07, 6.45) is 77.6. The third-order valence-electron chi connectivity index (χ3n) is 11.4. The first-order chi connectivity index (χ1) is 34.0. The highest BCUT2D eigenvalue weighted by Gasteiger charge is 2.19. The Morgan fingerprint density at radius 3 is 1.06 bits per heavy atom. The highest BCUT2D eigenvalue weighted by molar-refractivity contribution is 5.71. The summed E-state index contributed by atoms with van der Waals surface area (Å²) in [7, 11) is 0. The Hall–Kier alpha value is -4.19. The number of allylic oxidation sites excluding steroid dienone is 20. The van der Waals surface area contributed by atoms with E-state index in [1.165, 1.54) is 83.5 Å². The Kier molecular flexibility index (Phi) is 53.0. The largest absolute Gasteiger partial charge is 0.462 e. The van der Waals surface area contributed by atoms with Crippen LogP contribution in [0.1, 0.15) is 239 Å². The van der Waals surface area contributed by atoms with Crippen LogP contribution >= 0.6 is 0 Å². The Labute approximate surface area is 424 Å². The second-order valence-corrected chi connectivity index (χ2v) is 18.1. The molecule has 1 unspecified atom stereocenters. The molecule has 6 heteroatoms. The van der Waals surface area contributed by atoms with E-state index in [0.717, 1.165) is 109 Å². The summed E-state index contributed by atoms with van der Waals surface area (Å²) in [5, 5.41) is 0. The maximum Gasteiger partial charge on any atom is 0.306 e. The lowest BCUT2D eigenvalue weighted by atomic mass is 10.1. The number of hydrogen-bond donors (Lipinski definition) is 0. The lowest BCUT2D eigenvalue weighted by Gasteiger charge is -2.18. The van der Waals surface area contributed by atoms with E-state index >= 15 is 0 Å². The van der Waals surface area contributed by atoms with Gasteiger partial charge in [0, 0.05) is 19.3 Å². The van der Waals surface area contributed by atoms with Gasteiger partial charge in [-0.25, -0.2) is 0 Å². The number of carbonyl (C=O) groups excluding carboxylic acids is 3. The summed E-state index contributed by atoms with van der Waals surface area (Å²) >= 11 is 0. The highest BCUT2D eigenvalue weighted by Crippen LogP contribution is 2.12. The summed E-state index contributed by atoms with van der Waals surface area (Å²) in [5.74, 6) is -1.02. The smallest absolute Gasteiger partial charge is 0.306 e. The summed E-state index contributed by atoms with van der Waals surface area (Å²) in [6.45, 7) is 6.40. The van der Waals surface area contributed by atoms with E-state index in [0.29, 0.717) is 19.3 Å². The molecular weight excluding hydrogens is 853 g/mol. The van der Waals surface area contributed by atoms with Gasteiger partial charge in [0.2, 0.25) is 0 Å². The van der Waals surface area contributed by atoms with Crippen molar-refractivity contribution in [2.24, 2.45) is 0 Å². The van der Waals surface area contributed by atoms with Crippen LogP contribution < -0.4 is 0 Å². The average Bonchev–Trinajstić information content (AvgIpc) is 3.35. The standard InChI is InChI=1S/C63H102O6/c1-4-7-10-13-16-19-22-25-28-30-31-33-35-38-41-44-47-50-53-56-62(65)68-59-60(58-67-61(64)55-52-49-46-43-40-37-34-27-24-21-18-15-12-9-6-3)69-63(66)57-54-51-48-45-42-39-36-32-29-26-23-20-17-14-11-8-5-2/h7,10,16,18-19,21,24-29,31,33,36,38-39,41,45,48,60H,4-6,8-9,11-15,17,20,22-23,30,32,34-35,37,40,42-44,46-47,49-59H2,1-3H3/b10-7-,19-16-,21-18-,27-24-,28-25-,29-26-,33-31-,39-36-,41-38-,48-45-. The van der Waals surface area contributed by atoms with Gasteiger partial charge in [0.25, 0.3) is 0 Å². The molecule has 0 spiro atoms. The average molecular weight is 956 g/mol. The zero-order chi connectivity index (χ0) is 50.0. The highest BCUT2D eigenvalue weighted by atomic mass is 16.6. The van der Waals surface area contributed by atoms with Gasteiger partial charge < -0.3 is 14.2 Å². The van der Waals surface area contributed by atoms with Gasteiger partial charge in [-0.3, -0.25) is 14.4 Å². The molecule has 0 N–H and O–H groups in total. The topological polar surface area (TPSA) is 78.9 Å². The fourth-order valence-corrected chi connectivity index (χ4v) is 7.24. The first kappa shape index (κ1) is 64.8. The van der Waals surface area contributed by atoms with E-state index < -0.39 is 6.10 Å². The van der Waals surface area contributed by atoms with Crippen LogP contribution in [-0.2, 0) is 28.6 Å². The minimum atomic E-state index is -0.827. The number of hydrogen-bond acceptors (Lipinski definition) is 6. The molecule has 0 rings (SSSR count). The third kappa shape index (κ3) is 54.6. The van der Waals surface area contributed by atoms with Gasteiger partial charge in [-0.05, 0) is 122 Å².